The molecule has 0 radical (unpaired) electrons. The molecule has 0 fully saturated rings. The smallest absolute Gasteiger partial charge is 0.212 e. The van der Waals surface area contributed by atoms with Crippen LogP contribution in [-0.4, -0.2) is 24.7 Å². The van der Waals surface area contributed by atoms with E-state index in [0.717, 1.165) is 18.5 Å². The van der Waals surface area contributed by atoms with Crippen LogP contribution in [0, 0.1) is 0 Å². The summed E-state index contributed by atoms with van der Waals surface area (Å²) < 4.78 is 5.12. The van der Waals surface area contributed by atoms with Gasteiger partial charge in [-0.25, -0.2) is 4.98 Å². The maximum absolute atomic E-state index is 5.12. The minimum atomic E-state index is 0.553. The van der Waals surface area contributed by atoms with E-state index >= 15 is 0 Å². The van der Waals surface area contributed by atoms with Gasteiger partial charge in [0.05, 0.1) is 7.11 Å². The van der Waals surface area contributed by atoms with Crippen molar-refractivity contribution in [3.63, 3.8) is 0 Å². The second-order valence-electron chi connectivity index (χ2n) is 5.82. The van der Waals surface area contributed by atoms with E-state index in [1.807, 2.05) is 12.3 Å². The van der Waals surface area contributed by atoms with E-state index in [9.17, 15) is 0 Å². The van der Waals surface area contributed by atoms with Crippen molar-refractivity contribution >= 4 is 5.69 Å². The van der Waals surface area contributed by atoms with Gasteiger partial charge in [-0.05, 0) is 56.0 Å². The predicted molar refractivity (Wildman–Crippen MR) is 87.0 cm³/mol. The number of fused-ring (bicyclic) bond motifs is 1. The molecule has 0 aliphatic carbocycles. The van der Waals surface area contributed by atoms with E-state index in [-0.39, 0.29) is 0 Å². The monoisotopic (exact) mass is 282 g/mol. The SMILES string of the molecule is COc1ccc(-c2ccc3c(c2)CCCN3C(C)C)cn1. The molecule has 3 nitrogen and oxygen atoms in total. The molecule has 3 heteroatoms. The third-order valence-corrected chi connectivity index (χ3v) is 4.14. The summed E-state index contributed by atoms with van der Waals surface area (Å²) in [5, 5.41) is 0. The van der Waals surface area contributed by atoms with E-state index in [0.29, 0.717) is 11.9 Å². The average molecular weight is 282 g/mol. The van der Waals surface area contributed by atoms with Gasteiger partial charge in [-0.15, -0.1) is 0 Å². The molecule has 110 valence electrons. The number of aromatic nitrogens is 1. The summed E-state index contributed by atoms with van der Waals surface area (Å²) in [6, 6.07) is 11.3. The second-order valence-corrected chi connectivity index (χ2v) is 5.82. The number of nitrogens with zero attached hydrogens (tertiary/aromatic N) is 2. The molecular formula is C18H22N2O. The van der Waals surface area contributed by atoms with Crippen LogP contribution in [0.5, 0.6) is 5.88 Å². The number of ether oxygens (including phenoxy) is 1. The Bertz CT molecular complexity index is 620. The lowest BCUT2D eigenvalue weighted by atomic mass is 9.96. The number of hydrogen-bond acceptors (Lipinski definition) is 3. The van der Waals surface area contributed by atoms with Gasteiger partial charge in [0.1, 0.15) is 0 Å². The fraction of sp³-hybridized carbons (Fsp3) is 0.389. The maximum Gasteiger partial charge on any atom is 0.212 e. The van der Waals surface area contributed by atoms with Crippen molar-refractivity contribution in [3.05, 3.63) is 42.1 Å². The predicted octanol–water partition coefficient (Wildman–Crippen LogP) is 3.92. The quantitative estimate of drug-likeness (QED) is 0.853. The van der Waals surface area contributed by atoms with Crippen molar-refractivity contribution in [2.75, 3.05) is 18.6 Å². The largest absolute Gasteiger partial charge is 0.481 e. The number of aryl methyl sites for hydroxylation is 1. The molecule has 0 saturated carbocycles. The Kier molecular flexibility index (Phi) is 3.82. The first-order chi connectivity index (χ1) is 10.2. The zero-order chi connectivity index (χ0) is 14.8. The van der Waals surface area contributed by atoms with E-state index < -0.39 is 0 Å². The molecule has 0 bridgehead atoms. The Morgan fingerprint density at radius 2 is 1.95 bits per heavy atom. The number of rotatable bonds is 3. The lowest BCUT2D eigenvalue weighted by molar-refractivity contribution is 0.398. The third-order valence-electron chi connectivity index (χ3n) is 4.14. The van der Waals surface area contributed by atoms with Crippen molar-refractivity contribution in [2.24, 2.45) is 0 Å². The zero-order valence-corrected chi connectivity index (χ0v) is 13.0. The molecule has 3 rings (SSSR count). The minimum Gasteiger partial charge on any atom is -0.481 e. The zero-order valence-electron chi connectivity index (χ0n) is 13.0. The van der Waals surface area contributed by atoms with Crippen LogP contribution in [0.2, 0.25) is 0 Å². The summed E-state index contributed by atoms with van der Waals surface area (Å²) in [4.78, 5) is 6.79. The molecular weight excluding hydrogens is 260 g/mol. The first-order valence-electron chi connectivity index (χ1n) is 7.59. The van der Waals surface area contributed by atoms with E-state index in [2.05, 4.69) is 48.0 Å². The fourth-order valence-corrected chi connectivity index (χ4v) is 3.01. The Morgan fingerprint density at radius 1 is 1.14 bits per heavy atom. The molecule has 1 aromatic carbocycles. The van der Waals surface area contributed by atoms with Gasteiger partial charge in [0, 0.05) is 36.1 Å². The number of pyridine rings is 1. The molecule has 2 aromatic rings. The maximum atomic E-state index is 5.12. The van der Waals surface area contributed by atoms with Gasteiger partial charge in [-0.2, -0.15) is 0 Å². The van der Waals surface area contributed by atoms with Gasteiger partial charge in [-0.3, -0.25) is 0 Å². The summed E-state index contributed by atoms with van der Waals surface area (Å²) >= 11 is 0. The van der Waals surface area contributed by atoms with Crippen LogP contribution in [0.4, 0.5) is 5.69 Å². The van der Waals surface area contributed by atoms with Crippen LogP contribution in [0.1, 0.15) is 25.8 Å². The van der Waals surface area contributed by atoms with Crippen LogP contribution in [0.15, 0.2) is 36.5 Å². The van der Waals surface area contributed by atoms with Crippen LogP contribution in [-0.2, 0) is 6.42 Å². The molecule has 0 N–H and O–H groups in total. The summed E-state index contributed by atoms with van der Waals surface area (Å²) in [5.41, 5.74) is 5.21. The highest BCUT2D eigenvalue weighted by atomic mass is 16.5. The molecule has 1 aliphatic heterocycles. The van der Waals surface area contributed by atoms with Crippen LogP contribution >= 0.6 is 0 Å². The van der Waals surface area contributed by atoms with Crippen LogP contribution < -0.4 is 9.64 Å². The van der Waals surface area contributed by atoms with E-state index in [1.165, 1.54) is 23.2 Å². The third kappa shape index (κ3) is 2.73. The van der Waals surface area contributed by atoms with Gasteiger partial charge >= 0.3 is 0 Å². The van der Waals surface area contributed by atoms with Gasteiger partial charge in [0.2, 0.25) is 5.88 Å². The minimum absolute atomic E-state index is 0.553. The highest BCUT2D eigenvalue weighted by molar-refractivity contribution is 5.69. The normalized spacial score (nSPS) is 14.2. The topological polar surface area (TPSA) is 25.4 Å². The molecule has 0 unspecified atom stereocenters. The van der Waals surface area contributed by atoms with Crippen molar-refractivity contribution < 1.29 is 4.74 Å². The molecule has 21 heavy (non-hydrogen) atoms. The van der Waals surface area contributed by atoms with Crippen molar-refractivity contribution in [3.8, 4) is 17.0 Å². The van der Waals surface area contributed by atoms with E-state index in [4.69, 9.17) is 4.74 Å². The molecule has 0 atom stereocenters. The van der Waals surface area contributed by atoms with Gasteiger partial charge in [-0.1, -0.05) is 6.07 Å². The molecule has 1 aromatic heterocycles. The molecule has 0 amide bonds. The van der Waals surface area contributed by atoms with Crippen LogP contribution in [0.25, 0.3) is 11.1 Å². The first-order valence-corrected chi connectivity index (χ1v) is 7.59. The molecule has 1 aliphatic rings. The fourth-order valence-electron chi connectivity index (χ4n) is 3.01. The lowest BCUT2D eigenvalue weighted by Crippen LogP contribution is -2.35. The molecule has 2 heterocycles. The van der Waals surface area contributed by atoms with Crippen molar-refractivity contribution in [2.45, 2.75) is 32.7 Å². The Morgan fingerprint density at radius 3 is 2.62 bits per heavy atom. The molecule has 0 spiro atoms. The Hall–Kier alpha value is -2.03. The van der Waals surface area contributed by atoms with Gasteiger partial charge < -0.3 is 9.64 Å². The second kappa shape index (κ2) is 5.76. The summed E-state index contributed by atoms with van der Waals surface area (Å²) in [6.45, 7) is 5.68. The van der Waals surface area contributed by atoms with Gasteiger partial charge in [0.15, 0.2) is 0 Å². The summed E-state index contributed by atoms with van der Waals surface area (Å²) in [5.74, 6) is 0.655. The van der Waals surface area contributed by atoms with Crippen molar-refractivity contribution in [1.29, 1.82) is 0 Å². The van der Waals surface area contributed by atoms with Crippen LogP contribution in [0.3, 0.4) is 0 Å². The molecule has 0 saturated heterocycles. The number of methoxy groups -OCH3 is 1. The number of benzene rings is 1. The Balaban J connectivity index is 1.95. The highest BCUT2D eigenvalue weighted by Gasteiger charge is 2.19. The van der Waals surface area contributed by atoms with E-state index in [1.54, 1.807) is 7.11 Å². The van der Waals surface area contributed by atoms with Gasteiger partial charge in [0.25, 0.3) is 0 Å². The Labute approximate surface area is 126 Å². The number of anilines is 1. The summed E-state index contributed by atoms with van der Waals surface area (Å²) in [7, 11) is 1.64. The summed E-state index contributed by atoms with van der Waals surface area (Å²) in [6.07, 6.45) is 4.27. The first kappa shape index (κ1) is 13.9. The highest BCUT2D eigenvalue weighted by Crippen LogP contribution is 2.32. The lowest BCUT2D eigenvalue weighted by Gasteiger charge is -2.35. The average Bonchev–Trinajstić information content (AvgIpc) is 2.53. The number of hydrogen-bond donors (Lipinski definition) is 0. The standard InChI is InChI=1S/C18H22N2O/c1-13(2)20-10-4-5-15-11-14(6-8-17(15)20)16-7-9-18(21-3)19-12-16/h6-9,11-13H,4-5,10H2,1-3H3. The van der Waals surface area contributed by atoms with Crippen molar-refractivity contribution in [1.82, 2.24) is 4.98 Å².